The summed E-state index contributed by atoms with van der Waals surface area (Å²) in [6.45, 7) is 6.36. The summed E-state index contributed by atoms with van der Waals surface area (Å²) in [5, 5.41) is 3.85. The lowest BCUT2D eigenvalue weighted by atomic mass is 10.2. The Balaban J connectivity index is 2.02. The molecule has 100 valence electrons. The molecule has 0 heterocycles. The van der Waals surface area contributed by atoms with Crippen LogP contribution in [-0.4, -0.2) is 6.54 Å². The molecule has 0 aliphatic heterocycles. The monoisotopic (exact) mass is 271 g/mol. The van der Waals surface area contributed by atoms with Crippen LogP contribution in [0.4, 0.5) is 0 Å². The van der Waals surface area contributed by atoms with Crippen molar-refractivity contribution >= 4 is 11.8 Å². The first-order valence-electron chi connectivity index (χ1n) is 6.81. The molecule has 2 rings (SSSR count). The van der Waals surface area contributed by atoms with E-state index < -0.39 is 0 Å². The zero-order chi connectivity index (χ0) is 13.5. The molecule has 0 fully saturated rings. The zero-order valence-electron chi connectivity index (χ0n) is 11.6. The average molecular weight is 271 g/mol. The maximum atomic E-state index is 3.37. The van der Waals surface area contributed by atoms with Crippen molar-refractivity contribution in [3.05, 3.63) is 65.7 Å². The zero-order valence-corrected chi connectivity index (χ0v) is 12.4. The van der Waals surface area contributed by atoms with Crippen LogP contribution in [-0.2, 0) is 6.54 Å². The molecule has 0 radical (unpaired) electrons. The summed E-state index contributed by atoms with van der Waals surface area (Å²) in [5.41, 5.74) is 2.73. The molecule has 1 unspecified atom stereocenters. The molecule has 0 bridgehead atoms. The first-order valence-corrected chi connectivity index (χ1v) is 7.69. The van der Waals surface area contributed by atoms with Gasteiger partial charge in [-0.05, 0) is 36.7 Å². The van der Waals surface area contributed by atoms with Gasteiger partial charge >= 0.3 is 0 Å². The van der Waals surface area contributed by atoms with Gasteiger partial charge in [0, 0.05) is 16.7 Å². The van der Waals surface area contributed by atoms with Crippen LogP contribution in [0.15, 0.2) is 59.5 Å². The quantitative estimate of drug-likeness (QED) is 0.768. The molecule has 0 saturated carbocycles. The van der Waals surface area contributed by atoms with E-state index in [9.17, 15) is 0 Å². The molecule has 0 aromatic heterocycles. The standard InChI is InChI=1S/C17H21NS/c1-3-18-13-15-8-7-11-17(12-15)19-14(2)16-9-5-4-6-10-16/h4-12,14,18H,3,13H2,1-2H3. The normalized spacial score (nSPS) is 12.3. The van der Waals surface area contributed by atoms with Crippen LogP contribution in [0.3, 0.4) is 0 Å². The summed E-state index contributed by atoms with van der Waals surface area (Å²) >= 11 is 1.92. The van der Waals surface area contributed by atoms with Gasteiger partial charge in [0.15, 0.2) is 0 Å². The summed E-state index contributed by atoms with van der Waals surface area (Å²) < 4.78 is 0. The predicted octanol–water partition coefficient (Wildman–Crippen LogP) is 4.65. The van der Waals surface area contributed by atoms with E-state index in [-0.39, 0.29) is 0 Å². The molecule has 1 nitrogen and oxygen atoms in total. The lowest BCUT2D eigenvalue weighted by molar-refractivity contribution is 0.725. The lowest BCUT2D eigenvalue weighted by Crippen LogP contribution is -2.11. The fourth-order valence-corrected chi connectivity index (χ4v) is 3.07. The van der Waals surface area contributed by atoms with Crippen molar-refractivity contribution in [2.45, 2.75) is 30.5 Å². The van der Waals surface area contributed by atoms with Crippen LogP contribution in [0.5, 0.6) is 0 Å². The minimum Gasteiger partial charge on any atom is -0.313 e. The van der Waals surface area contributed by atoms with E-state index in [4.69, 9.17) is 0 Å². The van der Waals surface area contributed by atoms with Gasteiger partial charge in [-0.15, -0.1) is 11.8 Å². The van der Waals surface area contributed by atoms with Crippen LogP contribution in [0.25, 0.3) is 0 Å². The van der Waals surface area contributed by atoms with E-state index in [2.05, 4.69) is 73.8 Å². The third-order valence-corrected chi connectivity index (χ3v) is 4.21. The third-order valence-electron chi connectivity index (χ3n) is 3.06. The van der Waals surface area contributed by atoms with Crippen LogP contribution >= 0.6 is 11.8 Å². The Bertz CT molecular complexity index is 496. The van der Waals surface area contributed by atoms with E-state index in [0.29, 0.717) is 5.25 Å². The number of nitrogens with one attached hydrogen (secondary N) is 1. The fraction of sp³-hybridized carbons (Fsp3) is 0.294. The maximum absolute atomic E-state index is 3.37. The molecule has 2 heteroatoms. The topological polar surface area (TPSA) is 12.0 Å². The Hall–Kier alpha value is -1.25. The van der Waals surface area contributed by atoms with Crippen LogP contribution in [0.2, 0.25) is 0 Å². The van der Waals surface area contributed by atoms with Gasteiger partial charge in [-0.25, -0.2) is 0 Å². The molecular weight excluding hydrogens is 250 g/mol. The van der Waals surface area contributed by atoms with Crippen LogP contribution < -0.4 is 5.32 Å². The van der Waals surface area contributed by atoms with Gasteiger partial charge in [-0.3, -0.25) is 0 Å². The average Bonchev–Trinajstić information content (AvgIpc) is 2.46. The number of rotatable bonds is 6. The molecule has 1 N–H and O–H groups in total. The van der Waals surface area contributed by atoms with E-state index in [1.165, 1.54) is 16.0 Å². The van der Waals surface area contributed by atoms with Crippen molar-refractivity contribution < 1.29 is 0 Å². The minimum atomic E-state index is 0.482. The van der Waals surface area contributed by atoms with E-state index in [0.717, 1.165) is 13.1 Å². The Morgan fingerprint density at radius 3 is 2.58 bits per heavy atom. The number of thioether (sulfide) groups is 1. The molecule has 0 spiro atoms. The fourth-order valence-electron chi connectivity index (χ4n) is 1.99. The third kappa shape index (κ3) is 4.41. The SMILES string of the molecule is CCNCc1cccc(SC(C)c2ccccc2)c1. The first-order chi connectivity index (χ1) is 9.29. The Morgan fingerprint density at radius 2 is 1.84 bits per heavy atom. The Kier molecular flexibility index (Phi) is 5.49. The van der Waals surface area contributed by atoms with Crippen molar-refractivity contribution in [3.63, 3.8) is 0 Å². The Morgan fingerprint density at radius 1 is 1.05 bits per heavy atom. The molecular formula is C17H21NS. The molecule has 2 aromatic rings. The second-order valence-electron chi connectivity index (χ2n) is 4.60. The number of hydrogen-bond donors (Lipinski definition) is 1. The second kappa shape index (κ2) is 7.37. The molecule has 0 aliphatic carbocycles. The van der Waals surface area contributed by atoms with Crippen molar-refractivity contribution in [1.29, 1.82) is 0 Å². The highest BCUT2D eigenvalue weighted by Crippen LogP contribution is 2.34. The summed E-state index contributed by atoms with van der Waals surface area (Å²) in [6.07, 6.45) is 0. The molecule has 1 atom stereocenters. The highest BCUT2D eigenvalue weighted by molar-refractivity contribution is 7.99. The highest BCUT2D eigenvalue weighted by Gasteiger charge is 2.07. The van der Waals surface area contributed by atoms with Gasteiger partial charge in [0.05, 0.1) is 0 Å². The van der Waals surface area contributed by atoms with E-state index in [1.807, 2.05) is 11.8 Å². The molecule has 0 amide bonds. The summed E-state index contributed by atoms with van der Waals surface area (Å²) in [5.74, 6) is 0. The predicted molar refractivity (Wildman–Crippen MR) is 84.5 cm³/mol. The summed E-state index contributed by atoms with van der Waals surface area (Å²) in [7, 11) is 0. The number of hydrogen-bond acceptors (Lipinski definition) is 2. The molecule has 2 aromatic carbocycles. The smallest absolute Gasteiger partial charge is 0.0316 e. The number of benzene rings is 2. The second-order valence-corrected chi connectivity index (χ2v) is 6.01. The summed E-state index contributed by atoms with van der Waals surface area (Å²) in [6, 6.07) is 19.5. The maximum Gasteiger partial charge on any atom is 0.0316 e. The Labute approximate surface area is 120 Å². The van der Waals surface area contributed by atoms with Crippen molar-refractivity contribution in [1.82, 2.24) is 5.32 Å². The minimum absolute atomic E-state index is 0.482. The van der Waals surface area contributed by atoms with Gasteiger partial charge in [0.1, 0.15) is 0 Å². The van der Waals surface area contributed by atoms with E-state index >= 15 is 0 Å². The van der Waals surface area contributed by atoms with E-state index in [1.54, 1.807) is 0 Å². The largest absolute Gasteiger partial charge is 0.313 e. The lowest BCUT2D eigenvalue weighted by Gasteiger charge is -2.12. The highest BCUT2D eigenvalue weighted by atomic mass is 32.2. The van der Waals surface area contributed by atoms with Crippen molar-refractivity contribution in [2.24, 2.45) is 0 Å². The molecule has 19 heavy (non-hydrogen) atoms. The molecule has 0 saturated heterocycles. The van der Waals surface area contributed by atoms with Crippen LogP contribution in [0.1, 0.15) is 30.2 Å². The summed E-state index contributed by atoms with van der Waals surface area (Å²) in [4.78, 5) is 1.34. The van der Waals surface area contributed by atoms with Gasteiger partial charge in [0.25, 0.3) is 0 Å². The molecule has 0 aliphatic rings. The van der Waals surface area contributed by atoms with Gasteiger partial charge < -0.3 is 5.32 Å². The first kappa shape index (κ1) is 14.2. The van der Waals surface area contributed by atoms with Crippen molar-refractivity contribution in [2.75, 3.05) is 6.54 Å². The van der Waals surface area contributed by atoms with Crippen molar-refractivity contribution in [3.8, 4) is 0 Å². The van der Waals surface area contributed by atoms with Gasteiger partial charge in [-0.1, -0.05) is 49.4 Å². The van der Waals surface area contributed by atoms with Gasteiger partial charge in [0.2, 0.25) is 0 Å². The van der Waals surface area contributed by atoms with Crippen LogP contribution in [0, 0.1) is 0 Å². The van der Waals surface area contributed by atoms with Gasteiger partial charge in [-0.2, -0.15) is 0 Å².